The first kappa shape index (κ1) is 23.7. The van der Waals surface area contributed by atoms with Crippen molar-refractivity contribution in [1.29, 1.82) is 0 Å². The Labute approximate surface area is 226 Å². The Hall–Kier alpha value is -3.37. The van der Waals surface area contributed by atoms with Crippen LogP contribution in [0.4, 0.5) is 0 Å². The average Bonchev–Trinajstić information content (AvgIpc) is 3.63. The van der Waals surface area contributed by atoms with E-state index in [9.17, 15) is 24.3 Å². The number of amides is 2. The summed E-state index contributed by atoms with van der Waals surface area (Å²) < 4.78 is 6.11. The van der Waals surface area contributed by atoms with Gasteiger partial charge in [-0.1, -0.05) is 41.7 Å². The lowest BCUT2D eigenvalue weighted by atomic mass is 9.68. The second-order valence-electron chi connectivity index (χ2n) is 10.5. The highest BCUT2D eigenvalue weighted by Gasteiger charge is 2.70. The van der Waals surface area contributed by atoms with E-state index in [1.807, 2.05) is 54.6 Å². The molecule has 10 heteroatoms. The molecule has 194 valence electrons. The van der Waals surface area contributed by atoms with Gasteiger partial charge in [0.1, 0.15) is 17.5 Å². The number of benzene rings is 2. The van der Waals surface area contributed by atoms with Crippen LogP contribution >= 0.6 is 23.1 Å². The van der Waals surface area contributed by atoms with Crippen molar-refractivity contribution in [2.24, 2.45) is 29.6 Å². The lowest BCUT2D eigenvalue weighted by Crippen LogP contribution is -2.44. The molecular formula is C28H24N2O6S2. The van der Waals surface area contributed by atoms with Gasteiger partial charge in [0, 0.05) is 16.0 Å². The molecule has 0 unspecified atom stereocenters. The van der Waals surface area contributed by atoms with E-state index in [0.29, 0.717) is 5.75 Å². The van der Waals surface area contributed by atoms with Crippen molar-refractivity contribution in [2.45, 2.75) is 35.6 Å². The first-order chi connectivity index (χ1) is 18.3. The highest BCUT2D eigenvalue weighted by molar-refractivity contribution is 8.00. The number of nitrogens with one attached hydrogen (secondary N) is 1. The van der Waals surface area contributed by atoms with Crippen LogP contribution in [0, 0.1) is 29.6 Å². The van der Waals surface area contributed by atoms with Crippen LogP contribution in [-0.2, 0) is 14.4 Å². The molecule has 2 aromatic carbocycles. The summed E-state index contributed by atoms with van der Waals surface area (Å²) in [5, 5.41) is 10.4. The minimum Gasteiger partial charge on any atom is -0.480 e. The third kappa shape index (κ3) is 3.36. The predicted octanol–water partition coefficient (Wildman–Crippen LogP) is 4.18. The summed E-state index contributed by atoms with van der Waals surface area (Å²) in [7, 11) is 0. The fourth-order valence-electron chi connectivity index (χ4n) is 7.30. The van der Waals surface area contributed by atoms with Crippen LogP contribution in [0.25, 0.3) is 0 Å². The molecule has 2 aliphatic carbocycles. The number of aliphatic carboxylic acids is 1. The minimum atomic E-state index is -1.18. The number of hydrogen-bond acceptors (Lipinski definition) is 7. The molecule has 3 aromatic rings. The first-order valence-electron chi connectivity index (χ1n) is 12.7. The number of carboxylic acids is 1. The number of H-pyrrole nitrogens is 1. The number of hydrogen-bond donors (Lipinski definition) is 2. The largest absolute Gasteiger partial charge is 0.480 e. The third-order valence-electron chi connectivity index (χ3n) is 8.70. The van der Waals surface area contributed by atoms with Crippen LogP contribution in [0.2, 0.25) is 0 Å². The average molecular weight is 549 g/mol. The Bertz CT molecular complexity index is 1530. The van der Waals surface area contributed by atoms with Gasteiger partial charge in [-0.15, -0.1) is 11.8 Å². The highest BCUT2D eigenvalue weighted by atomic mass is 32.2. The van der Waals surface area contributed by atoms with Crippen molar-refractivity contribution in [3.63, 3.8) is 0 Å². The maximum Gasteiger partial charge on any atom is 0.326 e. The van der Waals surface area contributed by atoms with E-state index in [-0.39, 0.29) is 45.6 Å². The Morgan fingerprint density at radius 1 is 1.03 bits per heavy atom. The first-order valence-corrected chi connectivity index (χ1v) is 14.4. The summed E-state index contributed by atoms with van der Waals surface area (Å²) in [6.07, 6.45) is 0.750. The zero-order chi connectivity index (χ0) is 26.3. The zero-order valence-corrected chi connectivity index (χ0v) is 21.9. The molecule has 2 aliphatic heterocycles. The van der Waals surface area contributed by atoms with Gasteiger partial charge in [0.25, 0.3) is 0 Å². The fourth-order valence-corrected chi connectivity index (χ4v) is 10.2. The fraction of sp³-hybridized carbons (Fsp3) is 0.357. The van der Waals surface area contributed by atoms with Crippen LogP contribution in [0.5, 0.6) is 11.5 Å². The molecular weight excluding hydrogens is 524 g/mol. The van der Waals surface area contributed by atoms with E-state index in [2.05, 4.69) is 4.98 Å². The number of para-hydroxylation sites is 1. The molecule has 8 atom stereocenters. The SMILES string of the molecule is C[C@H](C(=O)O)N1C(=O)[C@@H]2[C@H]3C[C@@H]([C@@H]2C1=O)[C@@H]1[C@H](c2cccc(Oc4ccccc4)c2)c2sc(=O)[nH]c2S[C@H]31. The number of aromatic nitrogens is 1. The molecule has 2 saturated carbocycles. The van der Waals surface area contributed by atoms with Gasteiger partial charge >= 0.3 is 10.8 Å². The van der Waals surface area contributed by atoms with E-state index in [1.165, 1.54) is 18.3 Å². The molecule has 4 aliphatic rings. The van der Waals surface area contributed by atoms with E-state index in [4.69, 9.17) is 4.74 Å². The number of nitrogens with zero attached hydrogens (tertiary/aromatic N) is 1. The summed E-state index contributed by atoms with van der Waals surface area (Å²) in [6, 6.07) is 16.2. The summed E-state index contributed by atoms with van der Waals surface area (Å²) in [5.74, 6) is -1.73. The van der Waals surface area contributed by atoms with Crippen molar-refractivity contribution in [2.75, 3.05) is 0 Å². The van der Waals surface area contributed by atoms with Gasteiger partial charge in [-0.05, 0) is 60.9 Å². The molecule has 2 N–H and O–H groups in total. The predicted molar refractivity (Wildman–Crippen MR) is 140 cm³/mol. The third-order valence-corrected chi connectivity index (χ3v) is 11.3. The van der Waals surface area contributed by atoms with E-state index in [1.54, 1.807) is 11.8 Å². The number of fused-ring (bicyclic) bond motifs is 9. The number of carbonyl (C=O) groups excluding carboxylic acids is 2. The summed E-state index contributed by atoms with van der Waals surface area (Å²) in [6.45, 7) is 1.40. The minimum absolute atomic E-state index is 0.0361. The van der Waals surface area contributed by atoms with Gasteiger partial charge in [-0.2, -0.15) is 0 Å². The molecule has 3 heterocycles. The van der Waals surface area contributed by atoms with Crippen LogP contribution in [0.1, 0.15) is 29.7 Å². The Kier molecular flexibility index (Phi) is 5.35. The van der Waals surface area contributed by atoms with Gasteiger partial charge in [-0.3, -0.25) is 19.3 Å². The number of carbonyl (C=O) groups is 3. The number of carboxylic acid groups (broad SMARTS) is 1. The lowest BCUT2D eigenvalue weighted by molar-refractivity contribution is -0.154. The number of rotatable bonds is 5. The van der Waals surface area contributed by atoms with Crippen molar-refractivity contribution in [1.82, 2.24) is 9.88 Å². The van der Waals surface area contributed by atoms with Crippen LogP contribution in [-0.4, -0.2) is 44.1 Å². The Morgan fingerprint density at radius 3 is 2.47 bits per heavy atom. The molecule has 0 spiro atoms. The number of imide groups is 1. The van der Waals surface area contributed by atoms with Crippen LogP contribution < -0.4 is 9.61 Å². The number of ether oxygens (including phenoxy) is 1. The Morgan fingerprint density at radius 2 is 1.74 bits per heavy atom. The maximum atomic E-state index is 13.5. The van der Waals surface area contributed by atoms with Crippen molar-refractivity contribution >= 4 is 40.9 Å². The molecule has 1 aromatic heterocycles. The lowest BCUT2D eigenvalue weighted by Gasteiger charge is -2.43. The topological polar surface area (TPSA) is 117 Å². The van der Waals surface area contributed by atoms with Crippen molar-refractivity contribution in [3.8, 4) is 11.5 Å². The summed E-state index contributed by atoms with van der Waals surface area (Å²) in [5.41, 5.74) is 1.00. The second-order valence-corrected chi connectivity index (χ2v) is 12.7. The van der Waals surface area contributed by atoms with E-state index >= 15 is 0 Å². The van der Waals surface area contributed by atoms with E-state index in [0.717, 1.165) is 32.5 Å². The molecule has 3 fully saturated rings. The quantitative estimate of drug-likeness (QED) is 0.460. The molecule has 1 saturated heterocycles. The molecule has 2 amide bonds. The van der Waals surface area contributed by atoms with Crippen LogP contribution in [0.15, 0.2) is 64.4 Å². The number of thiazole rings is 1. The van der Waals surface area contributed by atoms with Gasteiger partial charge in [0.05, 0.1) is 16.9 Å². The standard InChI is InChI=1S/C28H24N2O6S2/c1-12(27(33)34)30-25(31)20-16-11-17(21(20)26(30)32)22-19(16)18(23-24(37-22)29-28(35)38-23)13-6-5-9-15(10-13)36-14-7-3-2-4-8-14/h2-10,12,16-22H,11H2,1H3,(H,29,35)(H,33,34)/t12-,16-,17-,18+,19-,20+,21-,22-/m1/s1. The highest BCUT2D eigenvalue weighted by Crippen LogP contribution is 2.68. The molecule has 38 heavy (non-hydrogen) atoms. The summed E-state index contributed by atoms with van der Waals surface area (Å²) in [4.78, 5) is 55.9. The molecule has 8 nitrogen and oxygen atoms in total. The monoisotopic (exact) mass is 548 g/mol. The maximum absolute atomic E-state index is 13.5. The van der Waals surface area contributed by atoms with Crippen molar-refractivity contribution < 1.29 is 24.2 Å². The second kappa shape index (κ2) is 8.57. The normalized spacial score (nSPS) is 31.6. The van der Waals surface area contributed by atoms with Gasteiger partial charge in [0.2, 0.25) is 11.8 Å². The van der Waals surface area contributed by atoms with Crippen molar-refractivity contribution in [3.05, 3.63) is 74.7 Å². The van der Waals surface area contributed by atoms with Gasteiger partial charge in [0.15, 0.2) is 0 Å². The van der Waals surface area contributed by atoms with Gasteiger partial charge in [-0.25, -0.2) is 4.79 Å². The summed E-state index contributed by atoms with van der Waals surface area (Å²) >= 11 is 2.81. The van der Waals surface area contributed by atoms with E-state index < -0.39 is 23.8 Å². The van der Waals surface area contributed by atoms with Gasteiger partial charge < -0.3 is 14.8 Å². The Balaban J connectivity index is 1.29. The number of aromatic amines is 1. The molecule has 2 bridgehead atoms. The van der Waals surface area contributed by atoms with Crippen LogP contribution in [0.3, 0.4) is 0 Å². The number of thioether (sulfide) groups is 1. The molecule has 0 radical (unpaired) electrons. The molecule has 7 rings (SSSR count). The smallest absolute Gasteiger partial charge is 0.326 e. The zero-order valence-electron chi connectivity index (χ0n) is 20.3. The number of likely N-dealkylation sites (tertiary alicyclic amines) is 1.